The van der Waals surface area contributed by atoms with Crippen molar-refractivity contribution < 1.29 is 18.3 Å². The van der Waals surface area contributed by atoms with Crippen LogP contribution in [0.5, 0.6) is 0 Å². The van der Waals surface area contributed by atoms with Crippen LogP contribution in [0.25, 0.3) is 0 Å². The van der Waals surface area contributed by atoms with Gasteiger partial charge in [-0.2, -0.15) is 0 Å². The first-order chi connectivity index (χ1) is 6.89. The fraction of sp³-hybridized carbons (Fsp3) is 0.300. The zero-order valence-corrected chi connectivity index (χ0v) is 9.77. The number of halogens is 3. The summed E-state index contributed by atoms with van der Waals surface area (Å²) in [4.78, 5) is 11.1. The van der Waals surface area contributed by atoms with Crippen molar-refractivity contribution >= 4 is 21.9 Å². The van der Waals surface area contributed by atoms with Crippen LogP contribution in [0, 0.1) is 5.82 Å². The molecule has 0 spiro atoms. The molecule has 0 aliphatic carbocycles. The third-order valence-electron chi connectivity index (χ3n) is 2.03. The molecule has 1 atom stereocenters. The molecule has 0 N–H and O–H groups in total. The number of methoxy groups -OCH3 is 1. The highest BCUT2D eigenvalue weighted by molar-refractivity contribution is 9.10. The van der Waals surface area contributed by atoms with Crippen LogP contribution >= 0.6 is 15.9 Å². The third kappa shape index (κ3) is 2.34. The van der Waals surface area contributed by atoms with Crippen molar-refractivity contribution in [1.29, 1.82) is 0 Å². The second-order valence-electron chi connectivity index (χ2n) is 3.12. The molecule has 1 unspecified atom stereocenters. The lowest BCUT2D eigenvalue weighted by Gasteiger charge is -2.17. The molecule has 0 aromatic heterocycles. The van der Waals surface area contributed by atoms with Crippen molar-refractivity contribution in [2.24, 2.45) is 0 Å². The zero-order chi connectivity index (χ0) is 11.6. The minimum absolute atomic E-state index is 0.0441. The number of hydrogen-bond donors (Lipinski definition) is 0. The van der Waals surface area contributed by atoms with Crippen LogP contribution in [0.1, 0.15) is 12.5 Å². The Hall–Kier alpha value is -0.970. The van der Waals surface area contributed by atoms with Gasteiger partial charge in [-0.1, -0.05) is 6.07 Å². The van der Waals surface area contributed by atoms with E-state index >= 15 is 0 Å². The standard InChI is InChI=1S/C10H9BrF2O2/c1-10(13,9(14)15-2)6-3-4-8(12)7(11)5-6/h3-5H,1-2H3. The van der Waals surface area contributed by atoms with Crippen molar-refractivity contribution in [3.8, 4) is 0 Å². The minimum atomic E-state index is -2.27. The van der Waals surface area contributed by atoms with E-state index in [0.717, 1.165) is 20.1 Å². The molecule has 0 saturated heterocycles. The lowest BCUT2D eigenvalue weighted by molar-refractivity contribution is -0.154. The second-order valence-corrected chi connectivity index (χ2v) is 3.98. The predicted octanol–water partition coefficient (Wildman–Crippen LogP) is 2.95. The van der Waals surface area contributed by atoms with Gasteiger partial charge in [0.15, 0.2) is 0 Å². The van der Waals surface area contributed by atoms with Crippen LogP contribution in [0.15, 0.2) is 22.7 Å². The second kappa shape index (κ2) is 4.26. The molecule has 0 fully saturated rings. The van der Waals surface area contributed by atoms with Gasteiger partial charge in [0.1, 0.15) is 5.82 Å². The van der Waals surface area contributed by atoms with Gasteiger partial charge in [-0.05, 0) is 35.0 Å². The number of benzene rings is 1. The van der Waals surface area contributed by atoms with Gasteiger partial charge in [-0.25, -0.2) is 13.6 Å². The lowest BCUT2D eigenvalue weighted by atomic mass is 9.98. The van der Waals surface area contributed by atoms with Gasteiger partial charge >= 0.3 is 5.97 Å². The molecule has 0 saturated carbocycles. The number of ether oxygens (including phenoxy) is 1. The van der Waals surface area contributed by atoms with Gasteiger partial charge < -0.3 is 4.74 Å². The molecule has 2 nitrogen and oxygen atoms in total. The Bertz CT molecular complexity index is 391. The average Bonchev–Trinajstić information content (AvgIpc) is 2.20. The fourth-order valence-corrected chi connectivity index (χ4v) is 1.48. The number of esters is 1. The highest BCUT2D eigenvalue weighted by atomic mass is 79.9. The Morgan fingerprint density at radius 3 is 2.60 bits per heavy atom. The van der Waals surface area contributed by atoms with E-state index in [1.165, 1.54) is 12.1 Å². The summed E-state index contributed by atoms with van der Waals surface area (Å²) in [5.74, 6) is -1.53. The summed E-state index contributed by atoms with van der Waals surface area (Å²) in [6, 6.07) is 3.50. The van der Waals surface area contributed by atoms with Crippen molar-refractivity contribution in [2.45, 2.75) is 12.6 Å². The molecule has 5 heteroatoms. The first-order valence-electron chi connectivity index (χ1n) is 4.12. The number of carbonyl (C=O) groups is 1. The molecule has 0 radical (unpaired) electrons. The minimum Gasteiger partial charge on any atom is -0.466 e. The van der Waals surface area contributed by atoms with Crippen LogP contribution in [0.3, 0.4) is 0 Å². The van der Waals surface area contributed by atoms with E-state index in [1.807, 2.05) is 0 Å². The van der Waals surface area contributed by atoms with Gasteiger partial charge in [-0.15, -0.1) is 0 Å². The van der Waals surface area contributed by atoms with Crippen LogP contribution in [-0.2, 0) is 15.2 Å². The maximum atomic E-state index is 13.9. The first kappa shape index (κ1) is 12.1. The molecule has 1 aromatic carbocycles. The Morgan fingerprint density at radius 2 is 2.13 bits per heavy atom. The molecule has 1 rings (SSSR count). The summed E-state index contributed by atoms with van der Waals surface area (Å²) in [6.07, 6.45) is 0. The van der Waals surface area contributed by atoms with E-state index < -0.39 is 17.5 Å². The molecule has 0 bridgehead atoms. The summed E-state index contributed by atoms with van der Waals surface area (Å²) < 4.78 is 31.2. The number of carbonyl (C=O) groups excluding carboxylic acids is 1. The topological polar surface area (TPSA) is 26.3 Å². The average molecular weight is 279 g/mol. The van der Waals surface area contributed by atoms with E-state index in [1.54, 1.807) is 0 Å². The maximum absolute atomic E-state index is 13.9. The van der Waals surface area contributed by atoms with Gasteiger partial charge in [-0.3, -0.25) is 0 Å². The molecule has 0 aliphatic heterocycles. The quantitative estimate of drug-likeness (QED) is 0.778. The maximum Gasteiger partial charge on any atom is 0.348 e. The fourth-order valence-electron chi connectivity index (χ4n) is 1.10. The summed E-state index contributed by atoms with van der Waals surface area (Å²) >= 11 is 2.92. The van der Waals surface area contributed by atoms with Gasteiger partial charge in [0.2, 0.25) is 5.67 Å². The third-order valence-corrected chi connectivity index (χ3v) is 2.64. The predicted molar refractivity (Wildman–Crippen MR) is 54.6 cm³/mol. The lowest BCUT2D eigenvalue weighted by Crippen LogP contribution is -2.28. The van der Waals surface area contributed by atoms with Gasteiger partial charge in [0, 0.05) is 5.56 Å². The van der Waals surface area contributed by atoms with E-state index in [-0.39, 0.29) is 10.0 Å². The van der Waals surface area contributed by atoms with Crippen LogP contribution in [0.4, 0.5) is 8.78 Å². The number of alkyl halides is 1. The molecule has 0 amide bonds. The zero-order valence-electron chi connectivity index (χ0n) is 8.18. The highest BCUT2D eigenvalue weighted by Gasteiger charge is 2.36. The molecule has 1 aromatic rings. The molecule has 15 heavy (non-hydrogen) atoms. The number of rotatable bonds is 2. The van der Waals surface area contributed by atoms with Crippen LogP contribution in [-0.4, -0.2) is 13.1 Å². The summed E-state index contributed by atoms with van der Waals surface area (Å²) in [7, 11) is 1.10. The van der Waals surface area contributed by atoms with E-state index in [0.29, 0.717) is 0 Å². The Morgan fingerprint density at radius 1 is 1.53 bits per heavy atom. The molecular weight excluding hydrogens is 270 g/mol. The Kier molecular flexibility index (Phi) is 3.44. The molecular formula is C10H9BrF2O2. The normalized spacial score (nSPS) is 14.5. The smallest absolute Gasteiger partial charge is 0.348 e. The van der Waals surface area contributed by atoms with E-state index in [4.69, 9.17) is 0 Å². The summed E-state index contributed by atoms with van der Waals surface area (Å²) in [5.41, 5.74) is -2.23. The number of hydrogen-bond acceptors (Lipinski definition) is 2. The Labute approximate surface area is 94.4 Å². The monoisotopic (exact) mass is 278 g/mol. The van der Waals surface area contributed by atoms with Crippen LogP contribution < -0.4 is 0 Å². The summed E-state index contributed by atoms with van der Waals surface area (Å²) in [6.45, 7) is 1.07. The first-order valence-corrected chi connectivity index (χ1v) is 4.91. The SMILES string of the molecule is COC(=O)C(C)(F)c1ccc(F)c(Br)c1. The van der Waals surface area contributed by atoms with E-state index in [2.05, 4.69) is 20.7 Å². The van der Waals surface area contributed by atoms with Crippen molar-refractivity contribution in [1.82, 2.24) is 0 Å². The van der Waals surface area contributed by atoms with Crippen LogP contribution in [0.2, 0.25) is 0 Å². The van der Waals surface area contributed by atoms with Gasteiger partial charge in [0.05, 0.1) is 11.6 Å². The molecule has 0 heterocycles. The van der Waals surface area contributed by atoms with Crippen molar-refractivity contribution in [3.63, 3.8) is 0 Å². The molecule has 82 valence electrons. The van der Waals surface area contributed by atoms with E-state index in [9.17, 15) is 13.6 Å². The van der Waals surface area contributed by atoms with Gasteiger partial charge in [0.25, 0.3) is 0 Å². The molecule has 0 aliphatic rings. The van der Waals surface area contributed by atoms with Crippen molar-refractivity contribution in [3.05, 3.63) is 34.1 Å². The summed E-state index contributed by atoms with van der Waals surface area (Å²) in [5, 5.41) is 0. The largest absolute Gasteiger partial charge is 0.466 e. The Balaban J connectivity index is 3.16. The van der Waals surface area contributed by atoms with Crippen molar-refractivity contribution in [2.75, 3.05) is 7.11 Å². The highest BCUT2D eigenvalue weighted by Crippen LogP contribution is 2.29.